The third-order valence-electron chi connectivity index (χ3n) is 15.0. The maximum Gasteiger partial charge on any atom is 0.132 e. The molecule has 1 spiro atoms. The van der Waals surface area contributed by atoms with Crippen LogP contribution in [0.5, 0.6) is 11.5 Å². The van der Waals surface area contributed by atoms with Crippen LogP contribution >= 0.6 is 58.4 Å². The van der Waals surface area contributed by atoms with Crippen LogP contribution in [0.2, 0.25) is 0 Å². The summed E-state index contributed by atoms with van der Waals surface area (Å²) in [6.07, 6.45) is 0. The Morgan fingerprint density at radius 2 is 0.800 bits per heavy atom. The van der Waals surface area contributed by atoms with Crippen molar-refractivity contribution in [2.75, 3.05) is 9.80 Å². The molecule has 1 aliphatic carbocycles. The summed E-state index contributed by atoms with van der Waals surface area (Å²) in [6.45, 7) is 0. The van der Waals surface area contributed by atoms with Crippen LogP contribution in [0.3, 0.4) is 0 Å². The van der Waals surface area contributed by atoms with Crippen LogP contribution in [0.4, 0.5) is 34.1 Å². The van der Waals surface area contributed by atoms with Gasteiger partial charge < -0.3 is 14.5 Å². The SMILES string of the molecule is c1ccc(N(c2ccc3c(c2)Sc2ccccc2S3)c2cc(N(c3ccc4c(c3)Sc3ccccc3S4)c3ccc4c(c3)C3(c5ccccc5O4)c4ccccc4-c4ccccc43)cc3c2sc2ccccc23)cc1. The first-order chi connectivity index (χ1) is 37.1. The molecule has 0 saturated carbocycles. The molecule has 0 amide bonds. The molecule has 3 nitrogen and oxygen atoms in total. The Labute approximate surface area is 455 Å². The van der Waals surface area contributed by atoms with Gasteiger partial charge in [0.05, 0.1) is 15.8 Å². The van der Waals surface area contributed by atoms with E-state index < -0.39 is 5.41 Å². The van der Waals surface area contributed by atoms with E-state index in [1.54, 1.807) is 0 Å². The van der Waals surface area contributed by atoms with E-state index in [2.05, 4.69) is 252 Å². The lowest BCUT2D eigenvalue weighted by atomic mass is 9.66. The molecule has 4 aliphatic rings. The van der Waals surface area contributed by atoms with Gasteiger partial charge >= 0.3 is 0 Å². The summed E-state index contributed by atoms with van der Waals surface area (Å²) < 4.78 is 9.51. The van der Waals surface area contributed by atoms with Crippen molar-refractivity contribution in [2.24, 2.45) is 0 Å². The average Bonchev–Trinajstić information content (AvgIpc) is 3.99. The van der Waals surface area contributed by atoms with Gasteiger partial charge in [-0.15, -0.1) is 11.3 Å². The maximum atomic E-state index is 7.02. The number of benzene rings is 11. The summed E-state index contributed by atoms with van der Waals surface area (Å²) in [5.41, 5.74) is 13.2. The molecule has 0 fully saturated rings. The standard InChI is InChI=1S/C67H40N2OS5/c1-2-16-41(17-3-1)69(44-32-35-63-65(40-44)74-61-29-15-13-27-59(61)72-63)54-38-45(36-49-48-20-6-11-25-57(48)75-66(49)54)68(43-31-34-62-64(39-43)73-60-28-14-12-26-58(60)71-62)42-30-33-56-53(37-42)67(52-23-9-10-24-55(52)70-56)50-21-7-4-18-46(50)47-19-5-8-22-51(47)67/h1-40H. The summed E-state index contributed by atoms with van der Waals surface area (Å²) in [5.74, 6) is 1.74. The minimum absolute atomic E-state index is 0.628. The highest BCUT2D eigenvalue weighted by molar-refractivity contribution is 8.05. The zero-order chi connectivity index (χ0) is 49.2. The highest BCUT2D eigenvalue weighted by Crippen LogP contribution is 2.63. The Bertz CT molecular complexity index is 4290. The molecule has 0 unspecified atom stereocenters. The van der Waals surface area contributed by atoms with Gasteiger partial charge in [-0.2, -0.15) is 0 Å². The topological polar surface area (TPSA) is 15.7 Å². The van der Waals surface area contributed by atoms with Crippen LogP contribution < -0.4 is 14.5 Å². The smallest absolute Gasteiger partial charge is 0.132 e. The monoisotopic (exact) mass is 1050 g/mol. The molecule has 3 aliphatic heterocycles. The van der Waals surface area contributed by atoms with Crippen LogP contribution in [0.15, 0.2) is 282 Å². The molecular formula is C67H40N2OS5. The fourth-order valence-electron chi connectivity index (χ4n) is 11.8. The van der Waals surface area contributed by atoms with Crippen LogP contribution in [-0.2, 0) is 5.41 Å². The summed E-state index contributed by atoms with van der Waals surface area (Å²) in [4.78, 5) is 15.2. The Morgan fingerprint density at radius 1 is 0.307 bits per heavy atom. The van der Waals surface area contributed by atoms with Gasteiger partial charge in [0.1, 0.15) is 11.5 Å². The fourth-order valence-corrected chi connectivity index (χ4v) is 17.5. The van der Waals surface area contributed by atoms with Crippen molar-refractivity contribution in [1.29, 1.82) is 0 Å². The molecule has 354 valence electrons. The van der Waals surface area contributed by atoms with E-state index >= 15 is 0 Å². The molecule has 75 heavy (non-hydrogen) atoms. The molecule has 4 heterocycles. The third kappa shape index (κ3) is 6.80. The van der Waals surface area contributed by atoms with Gasteiger partial charge in [-0.1, -0.05) is 174 Å². The largest absolute Gasteiger partial charge is 0.457 e. The highest BCUT2D eigenvalue weighted by atomic mass is 32.2. The predicted octanol–water partition coefficient (Wildman–Crippen LogP) is 20.7. The molecule has 0 radical (unpaired) electrons. The molecule has 1 aromatic heterocycles. The van der Waals surface area contributed by atoms with E-state index in [1.807, 2.05) is 58.4 Å². The number of fused-ring (bicyclic) bond motifs is 16. The minimum Gasteiger partial charge on any atom is -0.457 e. The summed E-state index contributed by atoms with van der Waals surface area (Å²) in [6, 6.07) is 89.8. The van der Waals surface area contributed by atoms with Crippen molar-refractivity contribution in [3.63, 3.8) is 0 Å². The van der Waals surface area contributed by atoms with Gasteiger partial charge in [0.15, 0.2) is 0 Å². The Balaban J connectivity index is 0.961. The first kappa shape index (κ1) is 43.8. The molecule has 0 atom stereocenters. The first-order valence-electron chi connectivity index (χ1n) is 25.0. The predicted molar refractivity (Wildman–Crippen MR) is 315 cm³/mol. The molecular weight excluding hydrogens is 1010 g/mol. The van der Waals surface area contributed by atoms with Crippen LogP contribution in [0, 0.1) is 0 Å². The quantitative estimate of drug-likeness (QED) is 0.163. The Morgan fingerprint density at radius 3 is 1.47 bits per heavy atom. The molecule has 8 heteroatoms. The second-order valence-corrected chi connectivity index (χ2v) is 24.5. The van der Waals surface area contributed by atoms with E-state index in [1.165, 1.54) is 81.6 Å². The van der Waals surface area contributed by atoms with Crippen LogP contribution in [0.1, 0.15) is 22.3 Å². The van der Waals surface area contributed by atoms with Crippen molar-refractivity contribution >= 4 is 113 Å². The molecule has 0 bridgehead atoms. The van der Waals surface area contributed by atoms with Crippen molar-refractivity contribution in [2.45, 2.75) is 44.6 Å². The van der Waals surface area contributed by atoms with Crippen molar-refractivity contribution in [3.8, 4) is 22.6 Å². The molecule has 11 aromatic carbocycles. The van der Waals surface area contributed by atoms with Crippen molar-refractivity contribution in [1.82, 2.24) is 0 Å². The van der Waals surface area contributed by atoms with Gasteiger partial charge in [-0.3, -0.25) is 0 Å². The van der Waals surface area contributed by atoms with Crippen molar-refractivity contribution < 1.29 is 4.74 Å². The zero-order valence-corrected chi connectivity index (χ0v) is 44.0. The number of rotatable bonds is 6. The average molecular weight is 1050 g/mol. The number of hydrogen-bond donors (Lipinski definition) is 0. The van der Waals surface area contributed by atoms with Gasteiger partial charge in [0, 0.05) is 94.2 Å². The summed E-state index contributed by atoms with van der Waals surface area (Å²) in [7, 11) is 0. The minimum atomic E-state index is -0.628. The second-order valence-electron chi connectivity index (χ2n) is 19.1. The van der Waals surface area contributed by atoms with Gasteiger partial charge in [0.25, 0.3) is 0 Å². The third-order valence-corrected chi connectivity index (χ3v) is 21.3. The van der Waals surface area contributed by atoms with E-state index in [-0.39, 0.29) is 0 Å². The molecule has 0 N–H and O–H groups in total. The van der Waals surface area contributed by atoms with E-state index in [9.17, 15) is 0 Å². The van der Waals surface area contributed by atoms with Gasteiger partial charge in [-0.25, -0.2) is 0 Å². The number of hydrogen-bond acceptors (Lipinski definition) is 8. The van der Waals surface area contributed by atoms with E-state index in [0.717, 1.165) is 56.8 Å². The lowest BCUT2D eigenvalue weighted by Crippen LogP contribution is -2.32. The Hall–Kier alpha value is -7.56. The molecule has 16 rings (SSSR count). The lowest BCUT2D eigenvalue weighted by Gasteiger charge is -2.40. The van der Waals surface area contributed by atoms with Crippen LogP contribution in [-0.4, -0.2) is 0 Å². The maximum absolute atomic E-state index is 7.02. The Kier molecular flexibility index (Phi) is 10.1. The lowest BCUT2D eigenvalue weighted by molar-refractivity contribution is 0.436. The number of nitrogens with zero attached hydrogens (tertiary/aromatic N) is 2. The number of anilines is 6. The normalized spacial score (nSPS) is 13.9. The first-order valence-corrected chi connectivity index (χ1v) is 29.1. The van der Waals surface area contributed by atoms with E-state index in [0.29, 0.717) is 0 Å². The van der Waals surface area contributed by atoms with E-state index in [4.69, 9.17) is 4.74 Å². The fraction of sp³-hybridized carbons (Fsp3) is 0.0149. The van der Waals surface area contributed by atoms with Crippen molar-refractivity contribution in [3.05, 3.63) is 265 Å². The van der Waals surface area contributed by atoms with Gasteiger partial charge in [0.2, 0.25) is 0 Å². The highest BCUT2D eigenvalue weighted by Gasteiger charge is 2.51. The number of para-hydroxylation sites is 2. The molecule has 12 aromatic rings. The van der Waals surface area contributed by atoms with Gasteiger partial charge in [-0.05, 0) is 138 Å². The van der Waals surface area contributed by atoms with Crippen LogP contribution in [0.25, 0.3) is 31.3 Å². The second kappa shape index (κ2) is 17.2. The zero-order valence-electron chi connectivity index (χ0n) is 39.9. The number of thiophene rings is 1. The molecule has 0 saturated heterocycles. The summed E-state index contributed by atoms with van der Waals surface area (Å²) in [5, 5.41) is 2.46. The number of ether oxygens (including phenoxy) is 1. The summed E-state index contributed by atoms with van der Waals surface area (Å²) >= 11 is 9.30.